The molecule has 1 fully saturated rings. The Labute approximate surface area is 86.6 Å². The van der Waals surface area contributed by atoms with Crippen LogP contribution in [0.3, 0.4) is 0 Å². The van der Waals surface area contributed by atoms with Crippen LogP contribution in [0.5, 0.6) is 0 Å². The maximum atomic E-state index is 11.9. The van der Waals surface area contributed by atoms with Gasteiger partial charge in [0.15, 0.2) is 0 Å². The normalized spacial score (nSPS) is 22.9. The van der Waals surface area contributed by atoms with Crippen LogP contribution in [0.1, 0.15) is 19.8 Å². The van der Waals surface area contributed by atoms with Gasteiger partial charge in [-0.15, -0.1) is 0 Å². The van der Waals surface area contributed by atoms with Gasteiger partial charge in [0.25, 0.3) is 0 Å². The van der Waals surface area contributed by atoms with Crippen molar-refractivity contribution in [1.29, 1.82) is 0 Å². The molecular formula is C9H15F3N2O. The van der Waals surface area contributed by atoms with E-state index in [4.69, 9.17) is 0 Å². The minimum Gasteiger partial charge on any atom is -0.343 e. The van der Waals surface area contributed by atoms with Gasteiger partial charge in [0.1, 0.15) is 0 Å². The van der Waals surface area contributed by atoms with E-state index in [1.807, 2.05) is 0 Å². The summed E-state index contributed by atoms with van der Waals surface area (Å²) in [4.78, 5) is 12.6. The molecule has 0 aromatic heterocycles. The van der Waals surface area contributed by atoms with E-state index in [9.17, 15) is 18.0 Å². The minimum atomic E-state index is -4.32. The number of carbonyl (C=O) groups excluding carboxylic acids is 1. The second kappa shape index (κ2) is 4.83. The molecule has 0 spiro atoms. The Bertz CT molecular complexity index is 230. The van der Waals surface area contributed by atoms with E-state index in [1.54, 1.807) is 4.90 Å². The third-order valence-corrected chi connectivity index (χ3v) is 2.56. The molecule has 0 aliphatic carbocycles. The molecule has 0 radical (unpaired) electrons. The van der Waals surface area contributed by atoms with E-state index in [1.165, 1.54) is 12.2 Å². The molecule has 1 aliphatic heterocycles. The minimum absolute atomic E-state index is 0.0632. The predicted molar refractivity (Wildman–Crippen MR) is 49.0 cm³/mol. The summed E-state index contributed by atoms with van der Waals surface area (Å²) < 4.78 is 35.6. The second-order valence-electron chi connectivity index (χ2n) is 3.85. The highest BCUT2D eigenvalue weighted by Crippen LogP contribution is 2.18. The van der Waals surface area contributed by atoms with Gasteiger partial charge in [-0.3, -0.25) is 4.79 Å². The Morgan fingerprint density at radius 2 is 2.20 bits per heavy atom. The molecule has 6 heteroatoms. The van der Waals surface area contributed by atoms with Crippen molar-refractivity contribution in [2.24, 2.45) is 5.92 Å². The van der Waals surface area contributed by atoms with E-state index in [2.05, 4.69) is 0 Å². The average molecular weight is 224 g/mol. The number of likely N-dealkylation sites (tertiary alicyclic amines) is 1. The van der Waals surface area contributed by atoms with Crippen molar-refractivity contribution in [3.8, 4) is 0 Å². The summed E-state index contributed by atoms with van der Waals surface area (Å²) in [5, 5.41) is 1.51. The first-order valence-electron chi connectivity index (χ1n) is 4.96. The van der Waals surface area contributed by atoms with Gasteiger partial charge in [0.05, 0.1) is 0 Å². The summed E-state index contributed by atoms with van der Waals surface area (Å²) in [6.45, 7) is 2.43. The molecule has 1 amide bonds. The highest BCUT2D eigenvalue weighted by molar-refractivity contribution is 5.73. The molecule has 0 saturated carbocycles. The van der Waals surface area contributed by atoms with E-state index < -0.39 is 6.30 Å². The number of nitrogens with zero attached hydrogens (tertiary/aromatic N) is 1. The van der Waals surface area contributed by atoms with Gasteiger partial charge in [-0.25, -0.2) is 5.32 Å². The van der Waals surface area contributed by atoms with Gasteiger partial charge in [0, 0.05) is 26.6 Å². The lowest BCUT2D eigenvalue weighted by atomic mass is 9.98. The molecule has 1 atom stereocenters. The zero-order valence-corrected chi connectivity index (χ0v) is 8.60. The fourth-order valence-electron chi connectivity index (χ4n) is 1.78. The standard InChI is InChI=1S/C9H15F3N2O/c1-7(15)14-4-2-3-8(6-14)5-13-9(10,11)12/h8,13H,2-6H2,1H3. The highest BCUT2D eigenvalue weighted by atomic mass is 19.4. The third-order valence-electron chi connectivity index (χ3n) is 2.56. The quantitative estimate of drug-likeness (QED) is 0.718. The first-order chi connectivity index (χ1) is 6.88. The zero-order valence-electron chi connectivity index (χ0n) is 8.60. The van der Waals surface area contributed by atoms with Gasteiger partial charge >= 0.3 is 6.30 Å². The lowest BCUT2D eigenvalue weighted by Crippen LogP contribution is -2.44. The summed E-state index contributed by atoms with van der Waals surface area (Å²) in [6, 6.07) is 0. The highest BCUT2D eigenvalue weighted by Gasteiger charge is 2.29. The van der Waals surface area contributed by atoms with Crippen molar-refractivity contribution in [2.75, 3.05) is 19.6 Å². The second-order valence-corrected chi connectivity index (χ2v) is 3.85. The van der Waals surface area contributed by atoms with E-state index in [-0.39, 0.29) is 18.4 Å². The molecule has 1 N–H and O–H groups in total. The number of carbonyl (C=O) groups is 1. The Morgan fingerprint density at radius 1 is 1.53 bits per heavy atom. The molecule has 1 saturated heterocycles. The lowest BCUT2D eigenvalue weighted by molar-refractivity contribution is -0.159. The number of alkyl halides is 3. The van der Waals surface area contributed by atoms with Crippen molar-refractivity contribution in [3.05, 3.63) is 0 Å². The number of piperidine rings is 1. The predicted octanol–water partition coefficient (Wildman–Crippen LogP) is 1.35. The largest absolute Gasteiger partial charge is 0.457 e. The fourth-order valence-corrected chi connectivity index (χ4v) is 1.78. The molecule has 1 rings (SSSR count). The molecular weight excluding hydrogens is 209 g/mol. The van der Waals surface area contributed by atoms with E-state index in [0.717, 1.165) is 12.8 Å². The van der Waals surface area contributed by atoms with Gasteiger partial charge in [0.2, 0.25) is 5.91 Å². The van der Waals surface area contributed by atoms with Crippen LogP contribution >= 0.6 is 0 Å². The average Bonchev–Trinajstić information content (AvgIpc) is 2.14. The lowest BCUT2D eigenvalue weighted by Gasteiger charge is -2.32. The Kier molecular flexibility index (Phi) is 3.96. The molecule has 15 heavy (non-hydrogen) atoms. The SMILES string of the molecule is CC(=O)N1CCCC(CNC(F)(F)F)C1. The van der Waals surface area contributed by atoms with Crippen LogP contribution in [0, 0.1) is 5.92 Å². The molecule has 3 nitrogen and oxygen atoms in total. The van der Waals surface area contributed by atoms with E-state index >= 15 is 0 Å². The van der Waals surface area contributed by atoms with Crippen molar-refractivity contribution in [1.82, 2.24) is 10.2 Å². The van der Waals surface area contributed by atoms with Crippen LogP contribution in [0.25, 0.3) is 0 Å². The van der Waals surface area contributed by atoms with E-state index in [0.29, 0.717) is 13.1 Å². The number of hydrogen-bond donors (Lipinski definition) is 1. The van der Waals surface area contributed by atoms with Crippen LogP contribution in [-0.4, -0.2) is 36.7 Å². The van der Waals surface area contributed by atoms with Gasteiger partial charge < -0.3 is 4.90 Å². The summed E-state index contributed by atoms with van der Waals surface area (Å²) in [6.07, 6.45) is -2.80. The van der Waals surface area contributed by atoms with Crippen molar-refractivity contribution < 1.29 is 18.0 Å². The first kappa shape index (κ1) is 12.3. The molecule has 88 valence electrons. The fraction of sp³-hybridized carbons (Fsp3) is 0.889. The van der Waals surface area contributed by atoms with Crippen LogP contribution in [0.2, 0.25) is 0 Å². The van der Waals surface area contributed by atoms with Gasteiger partial charge in [-0.1, -0.05) is 0 Å². The smallest absolute Gasteiger partial charge is 0.343 e. The van der Waals surface area contributed by atoms with Crippen LogP contribution in [0.15, 0.2) is 0 Å². The molecule has 0 bridgehead atoms. The van der Waals surface area contributed by atoms with Crippen LogP contribution in [0.4, 0.5) is 13.2 Å². The third kappa shape index (κ3) is 4.51. The Morgan fingerprint density at radius 3 is 2.73 bits per heavy atom. The number of amides is 1. The monoisotopic (exact) mass is 224 g/mol. The molecule has 1 aliphatic rings. The zero-order chi connectivity index (χ0) is 11.5. The molecule has 0 aromatic rings. The van der Waals surface area contributed by atoms with Crippen molar-refractivity contribution >= 4 is 5.91 Å². The first-order valence-corrected chi connectivity index (χ1v) is 4.96. The summed E-state index contributed by atoms with van der Waals surface area (Å²) >= 11 is 0. The topological polar surface area (TPSA) is 32.3 Å². The van der Waals surface area contributed by atoms with Crippen LogP contribution < -0.4 is 5.32 Å². The Balaban J connectivity index is 2.34. The number of nitrogens with one attached hydrogen (secondary N) is 1. The maximum Gasteiger partial charge on any atom is 0.457 e. The molecule has 1 unspecified atom stereocenters. The number of hydrogen-bond acceptors (Lipinski definition) is 2. The molecule has 1 heterocycles. The van der Waals surface area contributed by atoms with Crippen molar-refractivity contribution in [3.63, 3.8) is 0 Å². The summed E-state index contributed by atoms with van der Waals surface area (Å²) in [5.41, 5.74) is 0. The number of rotatable bonds is 2. The van der Waals surface area contributed by atoms with Crippen molar-refractivity contribution in [2.45, 2.75) is 26.1 Å². The molecule has 0 aromatic carbocycles. The summed E-state index contributed by atoms with van der Waals surface area (Å²) in [5.74, 6) is -0.156. The Hall–Kier alpha value is -0.780. The maximum absolute atomic E-state index is 11.9. The van der Waals surface area contributed by atoms with Gasteiger partial charge in [-0.05, 0) is 18.8 Å². The van der Waals surface area contributed by atoms with Crippen LogP contribution in [-0.2, 0) is 4.79 Å². The summed E-state index contributed by atoms with van der Waals surface area (Å²) in [7, 11) is 0. The number of halogens is 3. The van der Waals surface area contributed by atoms with Gasteiger partial charge in [-0.2, -0.15) is 13.2 Å².